The van der Waals surface area contributed by atoms with E-state index in [2.05, 4.69) is 10.6 Å². The standard InChI is InChI=1S/C24H26N2O3/c1-16(2)15-25-24(28)20-12-6-7-13-21(20)26-23(27)17(3)29-22-14-8-10-18-9-4-5-11-19(18)22/h4-14,16-17H,15H2,1-3H3,(H,25,28)(H,26,27). The average molecular weight is 390 g/mol. The predicted molar refractivity (Wildman–Crippen MR) is 116 cm³/mol. The number of rotatable bonds is 7. The molecule has 0 spiro atoms. The van der Waals surface area contributed by atoms with E-state index < -0.39 is 6.10 Å². The molecule has 0 saturated heterocycles. The van der Waals surface area contributed by atoms with E-state index in [1.165, 1.54) is 0 Å². The second-order valence-corrected chi connectivity index (χ2v) is 7.38. The van der Waals surface area contributed by atoms with Crippen molar-refractivity contribution < 1.29 is 14.3 Å². The summed E-state index contributed by atoms with van der Waals surface area (Å²) in [5, 5.41) is 7.70. The highest BCUT2D eigenvalue weighted by molar-refractivity contribution is 6.04. The van der Waals surface area contributed by atoms with Crippen molar-refractivity contribution in [1.29, 1.82) is 0 Å². The smallest absolute Gasteiger partial charge is 0.265 e. The van der Waals surface area contributed by atoms with E-state index in [9.17, 15) is 9.59 Å². The lowest BCUT2D eigenvalue weighted by atomic mass is 10.1. The highest BCUT2D eigenvalue weighted by atomic mass is 16.5. The Bertz CT molecular complexity index is 1010. The average Bonchev–Trinajstić information content (AvgIpc) is 2.72. The molecule has 0 saturated carbocycles. The van der Waals surface area contributed by atoms with Crippen molar-refractivity contribution in [1.82, 2.24) is 5.32 Å². The van der Waals surface area contributed by atoms with Gasteiger partial charge in [0.2, 0.25) is 0 Å². The lowest BCUT2D eigenvalue weighted by molar-refractivity contribution is -0.122. The SMILES string of the molecule is CC(C)CNC(=O)c1ccccc1NC(=O)C(C)Oc1cccc2ccccc12. The van der Waals surface area contributed by atoms with Crippen LogP contribution >= 0.6 is 0 Å². The number of nitrogens with one attached hydrogen (secondary N) is 2. The van der Waals surface area contributed by atoms with Gasteiger partial charge in [-0.3, -0.25) is 9.59 Å². The first-order valence-corrected chi connectivity index (χ1v) is 9.78. The van der Waals surface area contributed by atoms with Crippen LogP contribution in [-0.2, 0) is 4.79 Å². The zero-order valence-corrected chi connectivity index (χ0v) is 16.9. The molecule has 0 bridgehead atoms. The van der Waals surface area contributed by atoms with E-state index in [-0.39, 0.29) is 11.8 Å². The first-order valence-electron chi connectivity index (χ1n) is 9.78. The van der Waals surface area contributed by atoms with Crippen LogP contribution < -0.4 is 15.4 Å². The third kappa shape index (κ3) is 5.13. The number of ether oxygens (including phenoxy) is 1. The molecule has 2 amide bonds. The molecule has 5 nitrogen and oxygen atoms in total. The molecule has 0 aromatic heterocycles. The van der Waals surface area contributed by atoms with Crippen molar-refractivity contribution >= 4 is 28.3 Å². The van der Waals surface area contributed by atoms with E-state index in [1.807, 2.05) is 56.3 Å². The third-order valence-electron chi connectivity index (χ3n) is 4.52. The van der Waals surface area contributed by atoms with Crippen LogP contribution in [0.25, 0.3) is 10.8 Å². The molecular formula is C24H26N2O3. The summed E-state index contributed by atoms with van der Waals surface area (Å²) in [7, 11) is 0. The quantitative estimate of drug-likeness (QED) is 0.618. The van der Waals surface area contributed by atoms with Crippen molar-refractivity contribution in [3.8, 4) is 5.75 Å². The van der Waals surface area contributed by atoms with Crippen molar-refractivity contribution in [3.63, 3.8) is 0 Å². The lowest BCUT2D eigenvalue weighted by Crippen LogP contribution is -2.32. The van der Waals surface area contributed by atoms with E-state index in [0.717, 1.165) is 10.8 Å². The first kappa shape index (κ1) is 20.4. The van der Waals surface area contributed by atoms with Crippen LogP contribution in [0, 0.1) is 5.92 Å². The largest absolute Gasteiger partial charge is 0.480 e. The molecule has 0 aliphatic carbocycles. The van der Waals surface area contributed by atoms with Crippen LogP contribution in [0.2, 0.25) is 0 Å². The summed E-state index contributed by atoms with van der Waals surface area (Å²) in [6.45, 7) is 6.32. The molecule has 0 fully saturated rings. The van der Waals surface area contributed by atoms with Gasteiger partial charge in [0, 0.05) is 11.9 Å². The van der Waals surface area contributed by atoms with Crippen molar-refractivity contribution in [2.24, 2.45) is 5.92 Å². The number of anilines is 1. The number of amides is 2. The van der Waals surface area contributed by atoms with Gasteiger partial charge in [-0.25, -0.2) is 0 Å². The molecule has 5 heteroatoms. The minimum absolute atomic E-state index is 0.211. The van der Waals surface area contributed by atoms with Crippen LogP contribution in [0.5, 0.6) is 5.75 Å². The fourth-order valence-corrected chi connectivity index (χ4v) is 2.96. The maximum Gasteiger partial charge on any atom is 0.265 e. The Morgan fingerprint density at radius 2 is 1.59 bits per heavy atom. The Hall–Kier alpha value is -3.34. The number of carbonyl (C=O) groups excluding carboxylic acids is 2. The van der Waals surface area contributed by atoms with Gasteiger partial charge >= 0.3 is 0 Å². The highest BCUT2D eigenvalue weighted by Gasteiger charge is 2.19. The summed E-state index contributed by atoms with van der Waals surface area (Å²) < 4.78 is 5.93. The predicted octanol–water partition coefficient (Wildman–Crippen LogP) is 4.63. The summed E-state index contributed by atoms with van der Waals surface area (Å²) in [5.74, 6) is 0.461. The topological polar surface area (TPSA) is 67.4 Å². The van der Waals surface area contributed by atoms with Gasteiger partial charge in [0.25, 0.3) is 11.8 Å². The van der Waals surface area contributed by atoms with Crippen LogP contribution in [0.1, 0.15) is 31.1 Å². The monoisotopic (exact) mass is 390 g/mol. The molecule has 1 atom stereocenters. The van der Waals surface area contributed by atoms with Gasteiger partial charge in [-0.1, -0.05) is 62.4 Å². The third-order valence-corrected chi connectivity index (χ3v) is 4.52. The molecule has 3 aromatic carbocycles. The van der Waals surface area contributed by atoms with Crippen molar-refractivity contribution in [2.75, 3.05) is 11.9 Å². The van der Waals surface area contributed by atoms with Crippen LogP contribution in [0.3, 0.4) is 0 Å². The number of benzene rings is 3. The van der Waals surface area contributed by atoms with E-state index in [1.54, 1.807) is 31.2 Å². The fourth-order valence-electron chi connectivity index (χ4n) is 2.96. The normalized spacial score (nSPS) is 11.9. The maximum absolute atomic E-state index is 12.7. The maximum atomic E-state index is 12.7. The minimum Gasteiger partial charge on any atom is -0.480 e. The summed E-state index contributed by atoms with van der Waals surface area (Å²) in [6.07, 6.45) is -0.729. The van der Waals surface area contributed by atoms with Gasteiger partial charge < -0.3 is 15.4 Å². The number of fused-ring (bicyclic) bond motifs is 1. The van der Waals surface area contributed by atoms with E-state index in [4.69, 9.17) is 4.74 Å². The van der Waals surface area contributed by atoms with Crippen LogP contribution in [0.15, 0.2) is 66.7 Å². The Labute approximate surface area is 171 Å². The van der Waals surface area contributed by atoms with Gasteiger partial charge in [-0.05, 0) is 36.4 Å². The van der Waals surface area contributed by atoms with Gasteiger partial charge in [-0.15, -0.1) is 0 Å². The Balaban J connectivity index is 1.72. The van der Waals surface area contributed by atoms with Gasteiger partial charge in [0.05, 0.1) is 11.3 Å². The molecule has 3 rings (SSSR count). The summed E-state index contributed by atoms with van der Waals surface area (Å²) in [4.78, 5) is 25.2. The number of hydrogen-bond acceptors (Lipinski definition) is 3. The van der Waals surface area contributed by atoms with Crippen molar-refractivity contribution in [2.45, 2.75) is 26.9 Å². The Morgan fingerprint density at radius 3 is 2.38 bits per heavy atom. The molecule has 150 valence electrons. The molecular weight excluding hydrogens is 364 g/mol. The fraction of sp³-hybridized carbons (Fsp3) is 0.250. The zero-order valence-electron chi connectivity index (χ0n) is 16.9. The second-order valence-electron chi connectivity index (χ2n) is 7.38. The van der Waals surface area contributed by atoms with Crippen LogP contribution in [0.4, 0.5) is 5.69 Å². The van der Waals surface area contributed by atoms with Gasteiger partial charge in [0.15, 0.2) is 6.10 Å². The number of para-hydroxylation sites is 1. The van der Waals surface area contributed by atoms with Crippen molar-refractivity contribution in [3.05, 3.63) is 72.3 Å². The van der Waals surface area contributed by atoms with E-state index in [0.29, 0.717) is 29.5 Å². The molecule has 29 heavy (non-hydrogen) atoms. The molecule has 0 heterocycles. The zero-order chi connectivity index (χ0) is 20.8. The Kier molecular flexibility index (Phi) is 6.50. The number of hydrogen-bond donors (Lipinski definition) is 2. The Morgan fingerprint density at radius 1 is 0.897 bits per heavy atom. The molecule has 3 aromatic rings. The lowest BCUT2D eigenvalue weighted by Gasteiger charge is -2.17. The van der Waals surface area contributed by atoms with Gasteiger partial charge in [0.1, 0.15) is 5.75 Å². The van der Waals surface area contributed by atoms with Gasteiger partial charge in [-0.2, -0.15) is 0 Å². The second kappa shape index (κ2) is 9.24. The first-order chi connectivity index (χ1) is 14.0. The summed E-state index contributed by atoms with van der Waals surface area (Å²) in [5.41, 5.74) is 0.894. The molecule has 0 radical (unpaired) electrons. The number of carbonyl (C=O) groups is 2. The summed E-state index contributed by atoms with van der Waals surface area (Å²) >= 11 is 0. The highest BCUT2D eigenvalue weighted by Crippen LogP contribution is 2.26. The molecule has 2 N–H and O–H groups in total. The van der Waals surface area contributed by atoms with Crippen LogP contribution in [-0.4, -0.2) is 24.5 Å². The molecule has 1 unspecified atom stereocenters. The molecule has 0 aliphatic rings. The minimum atomic E-state index is -0.729. The molecule has 0 aliphatic heterocycles. The van der Waals surface area contributed by atoms with E-state index >= 15 is 0 Å². The summed E-state index contributed by atoms with van der Waals surface area (Å²) in [6, 6.07) is 20.6.